The maximum absolute atomic E-state index is 11.7. The van der Waals surface area contributed by atoms with Gasteiger partial charge in [-0.25, -0.2) is 4.79 Å². The van der Waals surface area contributed by atoms with Crippen LogP contribution in [0.4, 0.5) is 0 Å². The molecule has 0 aliphatic rings. The highest BCUT2D eigenvalue weighted by atomic mass is 16.4. The van der Waals surface area contributed by atoms with Gasteiger partial charge in [-0.1, -0.05) is 6.07 Å². The van der Waals surface area contributed by atoms with Crippen LogP contribution in [0, 0.1) is 6.92 Å². The van der Waals surface area contributed by atoms with E-state index < -0.39 is 5.97 Å². The van der Waals surface area contributed by atoms with Gasteiger partial charge in [0.25, 0.3) is 5.56 Å². The van der Waals surface area contributed by atoms with Crippen molar-refractivity contribution in [3.05, 3.63) is 63.8 Å². The number of carboxylic acid groups (broad SMARTS) is 1. The van der Waals surface area contributed by atoms with Gasteiger partial charge in [-0.05, 0) is 24.1 Å². The largest absolute Gasteiger partial charge is 0.478 e. The van der Waals surface area contributed by atoms with E-state index in [2.05, 4.69) is 4.98 Å². The van der Waals surface area contributed by atoms with Crippen LogP contribution in [0.2, 0.25) is 0 Å². The van der Waals surface area contributed by atoms with Crippen LogP contribution in [0.5, 0.6) is 0 Å². The average Bonchev–Trinajstić information content (AvgIpc) is 2.31. The summed E-state index contributed by atoms with van der Waals surface area (Å²) in [6, 6.07) is 4.46. The molecule has 1 N–H and O–H groups in total. The van der Waals surface area contributed by atoms with E-state index in [0.29, 0.717) is 6.54 Å². The minimum atomic E-state index is -1.10. The second-order valence-electron chi connectivity index (χ2n) is 4.06. The zero-order valence-electron chi connectivity index (χ0n) is 9.83. The normalized spacial score (nSPS) is 10.3. The van der Waals surface area contributed by atoms with Gasteiger partial charge in [-0.15, -0.1) is 0 Å². The first-order valence-corrected chi connectivity index (χ1v) is 5.40. The number of hydrogen-bond donors (Lipinski definition) is 1. The molecule has 5 nitrogen and oxygen atoms in total. The molecular formula is C13H12N2O3. The van der Waals surface area contributed by atoms with Gasteiger partial charge in [0.1, 0.15) is 0 Å². The molecule has 5 heteroatoms. The van der Waals surface area contributed by atoms with E-state index in [9.17, 15) is 9.59 Å². The Labute approximate surface area is 103 Å². The molecule has 0 saturated heterocycles. The number of carbonyl (C=O) groups is 1. The third-order valence-electron chi connectivity index (χ3n) is 2.53. The minimum absolute atomic E-state index is 0.00128. The number of aromatic carboxylic acids is 1. The minimum Gasteiger partial charge on any atom is -0.478 e. The lowest BCUT2D eigenvalue weighted by atomic mass is 10.2. The summed E-state index contributed by atoms with van der Waals surface area (Å²) >= 11 is 0. The van der Waals surface area contributed by atoms with Crippen molar-refractivity contribution < 1.29 is 9.90 Å². The third-order valence-corrected chi connectivity index (χ3v) is 2.53. The highest BCUT2D eigenvalue weighted by Gasteiger charge is 2.05. The molecule has 0 amide bonds. The monoisotopic (exact) mass is 244 g/mol. The standard InChI is InChI=1S/C13H12N2O3/c1-9-4-10(7-14-6-9)8-15-3-2-11(13(17)18)5-12(15)16/h2-7H,8H2,1H3,(H,17,18). The molecule has 92 valence electrons. The molecule has 0 radical (unpaired) electrons. The van der Waals surface area contributed by atoms with E-state index in [4.69, 9.17) is 5.11 Å². The number of hydrogen-bond acceptors (Lipinski definition) is 3. The predicted octanol–water partition coefficient (Wildman–Crippen LogP) is 1.30. The summed E-state index contributed by atoms with van der Waals surface area (Å²) in [6.07, 6.45) is 4.90. The third kappa shape index (κ3) is 2.63. The number of rotatable bonds is 3. The van der Waals surface area contributed by atoms with Gasteiger partial charge in [0, 0.05) is 24.7 Å². The molecule has 0 aliphatic heterocycles. The van der Waals surface area contributed by atoms with Crippen molar-refractivity contribution in [1.29, 1.82) is 0 Å². The highest BCUT2D eigenvalue weighted by molar-refractivity contribution is 5.87. The van der Waals surface area contributed by atoms with Gasteiger partial charge >= 0.3 is 5.97 Å². The van der Waals surface area contributed by atoms with Crippen LogP contribution in [0.3, 0.4) is 0 Å². The topological polar surface area (TPSA) is 72.2 Å². The Balaban J connectivity index is 2.30. The summed E-state index contributed by atoms with van der Waals surface area (Å²) in [4.78, 5) is 26.5. The molecule has 0 aliphatic carbocycles. The number of pyridine rings is 2. The lowest BCUT2D eigenvalue weighted by Gasteiger charge is -2.06. The average molecular weight is 244 g/mol. The van der Waals surface area contributed by atoms with Gasteiger partial charge in [-0.3, -0.25) is 9.78 Å². The summed E-state index contributed by atoms with van der Waals surface area (Å²) in [6.45, 7) is 2.31. The number of aryl methyl sites for hydroxylation is 1. The molecule has 0 aromatic carbocycles. The zero-order valence-corrected chi connectivity index (χ0v) is 9.83. The summed E-state index contributed by atoms with van der Waals surface area (Å²) < 4.78 is 1.45. The van der Waals surface area contributed by atoms with Crippen LogP contribution >= 0.6 is 0 Å². The molecule has 0 unspecified atom stereocenters. The van der Waals surface area contributed by atoms with E-state index >= 15 is 0 Å². The molecule has 18 heavy (non-hydrogen) atoms. The molecule has 0 bridgehead atoms. The van der Waals surface area contributed by atoms with Crippen molar-refractivity contribution in [2.24, 2.45) is 0 Å². The van der Waals surface area contributed by atoms with E-state index in [1.165, 1.54) is 16.8 Å². The van der Waals surface area contributed by atoms with E-state index in [1.807, 2.05) is 13.0 Å². The Bertz CT molecular complexity index is 647. The van der Waals surface area contributed by atoms with Gasteiger partial charge < -0.3 is 9.67 Å². The Morgan fingerprint density at radius 2 is 2.17 bits per heavy atom. The Kier molecular flexibility index (Phi) is 3.23. The fraction of sp³-hybridized carbons (Fsp3) is 0.154. The molecule has 0 atom stereocenters. The molecule has 2 rings (SSSR count). The van der Waals surface area contributed by atoms with Crippen molar-refractivity contribution in [3.63, 3.8) is 0 Å². The van der Waals surface area contributed by atoms with E-state index in [0.717, 1.165) is 17.2 Å². The zero-order chi connectivity index (χ0) is 13.1. The summed E-state index contributed by atoms with van der Waals surface area (Å²) in [7, 11) is 0. The van der Waals surface area contributed by atoms with E-state index in [1.54, 1.807) is 12.4 Å². The summed E-state index contributed by atoms with van der Waals surface area (Å²) in [5.41, 5.74) is 1.58. The van der Waals surface area contributed by atoms with Crippen molar-refractivity contribution in [2.75, 3.05) is 0 Å². The quantitative estimate of drug-likeness (QED) is 0.883. The first-order valence-electron chi connectivity index (χ1n) is 5.40. The summed E-state index contributed by atoms with van der Waals surface area (Å²) in [5.74, 6) is -1.10. The molecule has 0 fully saturated rings. The number of carboxylic acids is 1. The van der Waals surface area contributed by atoms with Gasteiger partial charge in [0.05, 0.1) is 12.1 Å². The molecule has 2 aromatic heterocycles. The van der Waals surface area contributed by atoms with Crippen LogP contribution in [-0.2, 0) is 6.54 Å². The van der Waals surface area contributed by atoms with Crippen LogP contribution in [0.1, 0.15) is 21.5 Å². The van der Waals surface area contributed by atoms with Gasteiger partial charge in [-0.2, -0.15) is 0 Å². The first-order chi connectivity index (χ1) is 8.56. The highest BCUT2D eigenvalue weighted by Crippen LogP contribution is 2.03. The predicted molar refractivity (Wildman–Crippen MR) is 65.7 cm³/mol. The van der Waals surface area contributed by atoms with Crippen LogP contribution in [0.15, 0.2) is 41.6 Å². The fourth-order valence-corrected chi connectivity index (χ4v) is 1.67. The van der Waals surface area contributed by atoms with Crippen LogP contribution in [-0.4, -0.2) is 20.6 Å². The molecule has 0 saturated carbocycles. The molecule has 2 heterocycles. The Morgan fingerprint density at radius 1 is 1.39 bits per heavy atom. The molecule has 2 aromatic rings. The van der Waals surface area contributed by atoms with Gasteiger partial charge in [0.2, 0.25) is 0 Å². The van der Waals surface area contributed by atoms with Crippen LogP contribution in [0.25, 0.3) is 0 Å². The van der Waals surface area contributed by atoms with E-state index in [-0.39, 0.29) is 11.1 Å². The molecular weight excluding hydrogens is 232 g/mol. The van der Waals surface area contributed by atoms with Crippen molar-refractivity contribution >= 4 is 5.97 Å². The Morgan fingerprint density at radius 3 is 2.78 bits per heavy atom. The van der Waals surface area contributed by atoms with Crippen molar-refractivity contribution in [2.45, 2.75) is 13.5 Å². The van der Waals surface area contributed by atoms with Crippen molar-refractivity contribution in [3.8, 4) is 0 Å². The second-order valence-corrected chi connectivity index (χ2v) is 4.06. The lowest BCUT2D eigenvalue weighted by Crippen LogP contribution is -2.20. The molecule has 0 spiro atoms. The summed E-state index contributed by atoms with van der Waals surface area (Å²) in [5, 5.41) is 8.77. The lowest BCUT2D eigenvalue weighted by molar-refractivity contribution is 0.0696. The maximum atomic E-state index is 11.7. The van der Waals surface area contributed by atoms with Crippen molar-refractivity contribution in [1.82, 2.24) is 9.55 Å². The SMILES string of the molecule is Cc1cncc(Cn2ccc(C(=O)O)cc2=O)c1. The number of aromatic nitrogens is 2. The second kappa shape index (κ2) is 4.83. The maximum Gasteiger partial charge on any atom is 0.335 e. The fourth-order valence-electron chi connectivity index (χ4n) is 1.67. The first kappa shape index (κ1) is 12.0. The van der Waals surface area contributed by atoms with Crippen LogP contribution < -0.4 is 5.56 Å². The van der Waals surface area contributed by atoms with Gasteiger partial charge in [0.15, 0.2) is 0 Å². The number of nitrogens with zero attached hydrogens (tertiary/aromatic N) is 2. The Hall–Kier alpha value is -2.43. The smallest absolute Gasteiger partial charge is 0.335 e.